The minimum atomic E-state index is -3.53. The van der Waals surface area contributed by atoms with Crippen LogP contribution in [0.5, 0.6) is 0 Å². The van der Waals surface area contributed by atoms with Crippen LogP contribution in [0.2, 0.25) is 10.0 Å². The number of piperazine rings is 1. The molecular formula is C21H25Cl2N3O3S. The van der Waals surface area contributed by atoms with Crippen LogP contribution in [0.3, 0.4) is 0 Å². The summed E-state index contributed by atoms with van der Waals surface area (Å²) in [6.45, 7) is 5.97. The van der Waals surface area contributed by atoms with Crippen molar-refractivity contribution >= 4 is 44.8 Å². The molecule has 1 aliphatic rings. The Hall–Kier alpha value is -1.64. The molecule has 30 heavy (non-hydrogen) atoms. The zero-order valence-electron chi connectivity index (χ0n) is 16.9. The Labute approximate surface area is 187 Å². The number of hydrogen-bond acceptors (Lipinski definition) is 4. The zero-order valence-corrected chi connectivity index (χ0v) is 19.3. The Kier molecular flexibility index (Phi) is 7.42. The van der Waals surface area contributed by atoms with Crippen LogP contribution in [0, 0.1) is 0 Å². The van der Waals surface area contributed by atoms with E-state index in [1.165, 1.54) is 4.31 Å². The summed E-state index contributed by atoms with van der Waals surface area (Å²) in [6.07, 6.45) is 0. The Morgan fingerprint density at radius 1 is 1.00 bits per heavy atom. The van der Waals surface area contributed by atoms with Gasteiger partial charge < -0.3 is 5.32 Å². The van der Waals surface area contributed by atoms with Crippen LogP contribution < -0.4 is 5.32 Å². The second-order valence-corrected chi connectivity index (χ2v) is 10.3. The zero-order chi connectivity index (χ0) is 21.9. The van der Waals surface area contributed by atoms with Gasteiger partial charge in [-0.15, -0.1) is 0 Å². The number of nitrogens with zero attached hydrogens (tertiary/aromatic N) is 2. The molecule has 1 N–H and O–H groups in total. The van der Waals surface area contributed by atoms with Gasteiger partial charge in [0.25, 0.3) is 0 Å². The molecule has 2 aromatic carbocycles. The van der Waals surface area contributed by atoms with E-state index in [2.05, 4.69) is 19.2 Å². The highest BCUT2D eigenvalue weighted by Gasteiger charge is 2.29. The first kappa shape index (κ1) is 23.0. The first-order valence-electron chi connectivity index (χ1n) is 9.74. The molecule has 0 bridgehead atoms. The summed E-state index contributed by atoms with van der Waals surface area (Å²) < 4.78 is 27.3. The van der Waals surface area contributed by atoms with Gasteiger partial charge in [-0.3, -0.25) is 9.69 Å². The summed E-state index contributed by atoms with van der Waals surface area (Å²) in [5, 5.41) is 3.58. The Morgan fingerprint density at radius 3 is 2.20 bits per heavy atom. The summed E-state index contributed by atoms with van der Waals surface area (Å²) >= 11 is 11.8. The van der Waals surface area contributed by atoms with E-state index in [0.717, 1.165) is 5.56 Å². The molecule has 0 unspecified atom stereocenters. The monoisotopic (exact) mass is 469 g/mol. The molecule has 0 aliphatic carbocycles. The number of benzene rings is 2. The fourth-order valence-corrected chi connectivity index (χ4v) is 5.00. The molecule has 2 aromatic rings. The maximum absolute atomic E-state index is 12.9. The highest BCUT2D eigenvalue weighted by Crippen LogP contribution is 2.25. The summed E-state index contributed by atoms with van der Waals surface area (Å²) in [5.41, 5.74) is 1.67. The first-order valence-corrected chi connectivity index (χ1v) is 11.9. The number of carbonyl (C=O) groups is 1. The minimum Gasteiger partial charge on any atom is -0.325 e. The van der Waals surface area contributed by atoms with Gasteiger partial charge >= 0.3 is 0 Å². The average molecular weight is 470 g/mol. The lowest BCUT2D eigenvalue weighted by Gasteiger charge is -2.33. The molecule has 0 spiro atoms. The van der Waals surface area contributed by atoms with Crippen LogP contribution in [0.25, 0.3) is 0 Å². The smallest absolute Gasteiger partial charge is 0.243 e. The van der Waals surface area contributed by atoms with Crippen molar-refractivity contribution in [2.45, 2.75) is 24.7 Å². The van der Waals surface area contributed by atoms with E-state index in [0.29, 0.717) is 52.7 Å². The van der Waals surface area contributed by atoms with Gasteiger partial charge in [0, 0.05) is 31.9 Å². The van der Waals surface area contributed by atoms with Crippen molar-refractivity contribution in [3.8, 4) is 0 Å². The van der Waals surface area contributed by atoms with Crippen molar-refractivity contribution in [3.05, 3.63) is 58.1 Å². The molecule has 0 radical (unpaired) electrons. The molecule has 1 aliphatic heterocycles. The fourth-order valence-electron chi connectivity index (χ4n) is 3.28. The predicted octanol–water partition coefficient (Wildman–Crippen LogP) is 4.06. The Morgan fingerprint density at radius 2 is 1.63 bits per heavy atom. The average Bonchev–Trinajstić information content (AvgIpc) is 2.71. The van der Waals surface area contributed by atoms with Crippen LogP contribution in [0.15, 0.2) is 47.4 Å². The van der Waals surface area contributed by atoms with Crippen molar-refractivity contribution in [2.75, 3.05) is 38.0 Å². The van der Waals surface area contributed by atoms with E-state index >= 15 is 0 Å². The van der Waals surface area contributed by atoms with Gasteiger partial charge in [0.05, 0.1) is 21.5 Å². The van der Waals surface area contributed by atoms with Gasteiger partial charge in [-0.1, -0.05) is 49.2 Å². The van der Waals surface area contributed by atoms with E-state index < -0.39 is 10.0 Å². The molecule has 1 fully saturated rings. The van der Waals surface area contributed by atoms with Gasteiger partial charge in [0.2, 0.25) is 15.9 Å². The SMILES string of the molecule is CC(C)c1ccc(S(=O)(=O)N2CCN(CC(=O)Nc3ccc(Cl)c(Cl)c3)CC2)cc1. The second-order valence-electron chi connectivity index (χ2n) is 7.58. The number of carbonyl (C=O) groups excluding carboxylic acids is 1. The lowest BCUT2D eigenvalue weighted by Crippen LogP contribution is -2.50. The van der Waals surface area contributed by atoms with Crippen molar-refractivity contribution in [3.63, 3.8) is 0 Å². The summed E-state index contributed by atoms with van der Waals surface area (Å²) in [5.74, 6) is 0.161. The number of amides is 1. The number of hydrogen-bond donors (Lipinski definition) is 1. The van der Waals surface area contributed by atoms with Crippen LogP contribution in [0.4, 0.5) is 5.69 Å². The molecule has 9 heteroatoms. The molecule has 1 heterocycles. The van der Waals surface area contributed by atoms with Gasteiger partial charge in [-0.05, 0) is 41.8 Å². The lowest BCUT2D eigenvalue weighted by molar-refractivity contribution is -0.117. The van der Waals surface area contributed by atoms with Crippen LogP contribution in [-0.2, 0) is 14.8 Å². The van der Waals surface area contributed by atoms with E-state index in [1.54, 1.807) is 30.3 Å². The van der Waals surface area contributed by atoms with Gasteiger partial charge in [-0.2, -0.15) is 4.31 Å². The maximum atomic E-state index is 12.9. The van der Waals surface area contributed by atoms with Crippen molar-refractivity contribution < 1.29 is 13.2 Å². The Balaban J connectivity index is 1.54. The maximum Gasteiger partial charge on any atom is 0.243 e. The molecule has 1 amide bonds. The van der Waals surface area contributed by atoms with Crippen molar-refractivity contribution in [1.29, 1.82) is 0 Å². The molecule has 1 saturated heterocycles. The number of anilines is 1. The highest BCUT2D eigenvalue weighted by molar-refractivity contribution is 7.89. The van der Waals surface area contributed by atoms with Crippen LogP contribution in [0.1, 0.15) is 25.3 Å². The van der Waals surface area contributed by atoms with Crippen molar-refractivity contribution in [1.82, 2.24) is 9.21 Å². The molecule has 6 nitrogen and oxygen atoms in total. The van der Waals surface area contributed by atoms with E-state index in [9.17, 15) is 13.2 Å². The normalized spacial score (nSPS) is 16.0. The summed E-state index contributed by atoms with van der Waals surface area (Å²) in [7, 11) is -3.53. The van der Waals surface area contributed by atoms with Gasteiger partial charge in [0.1, 0.15) is 0 Å². The third-order valence-electron chi connectivity index (χ3n) is 5.09. The number of nitrogens with one attached hydrogen (secondary N) is 1. The third kappa shape index (κ3) is 5.53. The van der Waals surface area contributed by atoms with Crippen molar-refractivity contribution in [2.24, 2.45) is 0 Å². The Bertz CT molecular complexity index is 1000. The topological polar surface area (TPSA) is 69.7 Å². The van der Waals surface area contributed by atoms with Crippen LogP contribution in [-0.4, -0.2) is 56.3 Å². The van der Waals surface area contributed by atoms with E-state index in [-0.39, 0.29) is 12.5 Å². The molecule has 3 rings (SSSR count). The largest absolute Gasteiger partial charge is 0.325 e. The predicted molar refractivity (Wildman–Crippen MR) is 121 cm³/mol. The van der Waals surface area contributed by atoms with Crippen LogP contribution >= 0.6 is 23.2 Å². The second kappa shape index (κ2) is 9.66. The molecule has 0 atom stereocenters. The van der Waals surface area contributed by atoms with E-state index in [1.807, 2.05) is 17.0 Å². The molecule has 162 valence electrons. The fraction of sp³-hybridized carbons (Fsp3) is 0.381. The molecular weight excluding hydrogens is 445 g/mol. The van der Waals surface area contributed by atoms with E-state index in [4.69, 9.17) is 23.2 Å². The summed E-state index contributed by atoms with van der Waals surface area (Å²) in [4.78, 5) is 14.5. The minimum absolute atomic E-state index is 0.178. The number of sulfonamides is 1. The quantitative estimate of drug-likeness (QED) is 0.692. The highest BCUT2D eigenvalue weighted by atomic mass is 35.5. The van der Waals surface area contributed by atoms with Gasteiger partial charge in [-0.25, -0.2) is 8.42 Å². The number of rotatable bonds is 6. The standard InChI is InChI=1S/C21H25Cl2N3O3S/c1-15(2)16-3-6-18(7-4-16)30(28,29)26-11-9-25(10-12-26)14-21(27)24-17-5-8-19(22)20(23)13-17/h3-8,13,15H,9-12,14H2,1-2H3,(H,24,27). The number of halogens is 2. The third-order valence-corrected chi connectivity index (χ3v) is 7.74. The molecule has 0 aromatic heterocycles. The van der Waals surface area contributed by atoms with Gasteiger partial charge in [0.15, 0.2) is 0 Å². The lowest BCUT2D eigenvalue weighted by atomic mass is 10.0. The first-order chi connectivity index (χ1) is 14.2. The summed E-state index contributed by atoms with van der Waals surface area (Å²) in [6, 6.07) is 12.0. The molecule has 0 saturated carbocycles.